The summed E-state index contributed by atoms with van der Waals surface area (Å²) in [7, 11) is 0. The highest BCUT2D eigenvalue weighted by Gasteiger charge is 2.15. The van der Waals surface area contributed by atoms with Crippen molar-refractivity contribution in [1.82, 2.24) is 4.98 Å². The molecule has 5 rings (SSSR count). The van der Waals surface area contributed by atoms with Gasteiger partial charge in [-0.1, -0.05) is 48.5 Å². The van der Waals surface area contributed by atoms with Crippen molar-refractivity contribution in [3.8, 4) is 10.6 Å². The molecule has 0 aliphatic carbocycles. The van der Waals surface area contributed by atoms with Crippen LogP contribution in [0.2, 0.25) is 0 Å². The predicted molar refractivity (Wildman–Crippen MR) is 139 cm³/mol. The Labute approximate surface area is 201 Å². The largest absolute Gasteiger partial charge is 0.322 e. The second kappa shape index (κ2) is 9.29. The SMILES string of the molecule is Cc1ccc(C(=O)Nc2ccccc2-c2nc3ccccc3s2)cc1NC(=O)c1ccccc1. The number of benzene rings is 4. The standard InChI is InChI=1S/C28H21N3O2S/c1-18-15-16-20(17-24(18)30-26(32)19-9-3-2-4-10-19)27(33)29-22-12-6-5-11-21(22)28-31-23-13-7-8-14-25(23)34-28/h2-17H,1H3,(H,29,33)(H,30,32). The predicted octanol–water partition coefficient (Wildman–Crippen LogP) is 6.78. The number of nitrogens with zero attached hydrogens (tertiary/aromatic N) is 1. The number of aromatic nitrogens is 1. The summed E-state index contributed by atoms with van der Waals surface area (Å²) >= 11 is 1.59. The first-order valence-corrected chi connectivity index (χ1v) is 11.6. The maximum absolute atomic E-state index is 13.1. The van der Waals surface area contributed by atoms with E-state index >= 15 is 0 Å². The highest BCUT2D eigenvalue weighted by molar-refractivity contribution is 7.21. The highest BCUT2D eigenvalue weighted by Crippen LogP contribution is 2.34. The van der Waals surface area contributed by atoms with Crippen LogP contribution in [0, 0.1) is 6.92 Å². The van der Waals surface area contributed by atoms with Crippen LogP contribution in [0.25, 0.3) is 20.8 Å². The smallest absolute Gasteiger partial charge is 0.255 e. The molecule has 0 saturated heterocycles. The molecule has 166 valence electrons. The van der Waals surface area contributed by atoms with Crippen molar-refractivity contribution in [2.24, 2.45) is 0 Å². The first kappa shape index (κ1) is 21.6. The van der Waals surface area contributed by atoms with E-state index in [1.165, 1.54) is 0 Å². The number of carbonyl (C=O) groups is 2. The Morgan fingerprint density at radius 1 is 0.706 bits per heavy atom. The lowest BCUT2D eigenvalue weighted by Crippen LogP contribution is -2.15. The van der Waals surface area contributed by atoms with E-state index in [4.69, 9.17) is 4.98 Å². The number of carbonyl (C=O) groups excluding carboxylic acids is 2. The summed E-state index contributed by atoms with van der Waals surface area (Å²) < 4.78 is 1.09. The van der Waals surface area contributed by atoms with Crippen LogP contribution in [0.5, 0.6) is 0 Å². The lowest BCUT2D eigenvalue weighted by molar-refractivity contribution is 0.101. The minimum absolute atomic E-state index is 0.220. The minimum Gasteiger partial charge on any atom is -0.322 e. The molecule has 0 aliphatic heterocycles. The molecule has 0 atom stereocenters. The van der Waals surface area contributed by atoms with Crippen LogP contribution < -0.4 is 10.6 Å². The molecule has 0 saturated carbocycles. The average molecular weight is 464 g/mol. The number of thiazole rings is 1. The zero-order valence-electron chi connectivity index (χ0n) is 18.4. The molecule has 0 bridgehead atoms. The van der Waals surface area contributed by atoms with Gasteiger partial charge in [0.1, 0.15) is 5.01 Å². The molecule has 4 aromatic carbocycles. The highest BCUT2D eigenvalue weighted by atomic mass is 32.1. The lowest BCUT2D eigenvalue weighted by Gasteiger charge is -2.12. The van der Waals surface area contributed by atoms with Crippen LogP contribution in [0.4, 0.5) is 11.4 Å². The topological polar surface area (TPSA) is 71.1 Å². The number of aryl methyl sites for hydroxylation is 1. The molecule has 1 aromatic heterocycles. The fraction of sp³-hybridized carbons (Fsp3) is 0.0357. The Bertz CT molecular complexity index is 1480. The van der Waals surface area contributed by atoms with Gasteiger partial charge in [0.25, 0.3) is 11.8 Å². The summed E-state index contributed by atoms with van der Waals surface area (Å²) in [5, 5.41) is 6.77. The van der Waals surface area contributed by atoms with Gasteiger partial charge in [-0.2, -0.15) is 0 Å². The molecular formula is C28H21N3O2S. The molecule has 0 radical (unpaired) electrons. The van der Waals surface area contributed by atoms with E-state index in [-0.39, 0.29) is 11.8 Å². The van der Waals surface area contributed by atoms with E-state index in [0.717, 1.165) is 26.4 Å². The summed E-state index contributed by atoms with van der Waals surface area (Å²) in [5.74, 6) is -0.480. The molecule has 2 amide bonds. The molecule has 2 N–H and O–H groups in total. The summed E-state index contributed by atoms with van der Waals surface area (Å²) in [6, 6.07) is 29.9. The number of nitrogens with one attached hydrogen (secondary N) is 2. The van der Waals surface area contributed by atoms with E-state index < -0.39 is 0 Å². The van der Waals surface area contributed by atoms with Gasteiger partial charge in [0.2, 0.25) is 0 Å². The van der Waals surface area contributed by atoms with Crippen molar-refractivity contribution >= 4 is 44.7 Å². The molecule has 5 nitrogen and oxygen atoms in total. The third-order valence-corrected chi connectivity index (χ3v) is 6.55. The number of anilines is 2. The van der Waals surface area contributed by atoms with Crippen molar-refractivity contribution in [2.45, 2.75) is 6.92 Å². The molecule has 34 heavy (non-hydrogen) atoms. The van der Waals surface area contributed by atoms with Gasteiger partial charge in [0, 0.05) is 22.4 Å². The van der Waals surface area contributed by atoms with Crippen LogP contribution in [0.1, 0.15) is 26.3 Å². The van der Waals surface area contributed by atoms with Crippen LogP contribution in [-0.4, -0.2) is 16.8 Å². The van der Waals surface area contributed by atoms with Crippen LogP contribution in [-0.2, 0) is 0 Å². The molecule has 0 spiro atoms. The molecule has 5 aromatic rings. The van der Waals surface area contributed by atoms with Crippen LogP contribution in [0.3, 0.4) is 0 Å². The number of para-hydroxylation sites is 2. The van der Waals surface area contributed by atoms with Crippen LogP contribution >= 0.6 is 11.3 Å². The first-order chi connectivity index (χ1) is 16.6. The number of fused-ring (bicyclic) bond motifs is 1. The minimum atomic E-state index is -0.260. The van der Waals surface area contributed by atoms with E-state index in [9.17, 15) is 9.59 Å². The number of hydrogen-bond donors (Lipinski definition) is 2. The molecule has 0 aliphatic rings. The van der Waals surface area contributed by atoms with Gasteiger partial charge in [0.15, 0.2) is 0 Å². The quantitative estimate of drug-likeness (QED) is 0.302. The average Bonchev–Trinajstić information content (AvgIpc) is 3.30. The maximum atomic E-state index is 13.1. The summed E-state index contributed by atoms with van der Waals surface area (Å²) in [6.45, 7) is 1.89. The Morgan fingerprint density at radius 3 is 2.21 bits per heavy atom. The normalized spacial score (nSPS) is 10.7. The van der Waals surface area contributed by atoms with Gasteiger partial charge in [-0.25, -0.2) is 4.98 Å². The van der Waals surface area contributed by atoms with Crippen LogP contribution in [0.15, 0.2) is 97.1 Å². The fourth-order valence-electron chi connectivity index (χ4n) is 3.64. The Morgan fingerprint density at radius 2 is 1.38 bits per heavy atom. The van der Waals surface area contributed by atoms with Crippen molar-refractivity contribution < 1.29 is 9.59 Å². The number of hydrogen-bond acceptors (Lipinski definition) is 4. The van der Waals surface area contributed by atoms with E-state index in [1.807, 2.05) is 79.7 Å². The molecule has 0 unspecified atom stereocenters. The fourth-order valence-corrected chi connectivity index (χ4v) is 4.65. The molecule has 0 fully saturated rings. The van der Waals surface area contributed by atoms with E-state index in [2.05, 4.69) is 10.6 Å². The summed E-state index contributed by atoms with van der Waals surface area (Å²) in [5.41, 5.74) is 4.95. The zero-order valence-corrected chi connectivity index (χ0v) is 19.2. The first-order valence-electron chi connectivity index (χ1n) is 10.8. The van der Waals surface area contributed by atoms with Gasteiger partial charge in [0.05, 0.1) is 15.9 Å². The molecular weight excluding hydrogens is 442 g/mol. The number of rotatable bonds is 5. The Hall–Kier alpha value is -4.29. The van der Waals surface area contributed by atoms with E-state index in [0.29, 0.717) is 22.5 Å². The van der Waals surface area contributed by atoms with Gasteiger partial charge in [-0.15, -0.1) is 11.3 Å². The van der Waals surface area contributed by atoms with Crippen molar-refractivity contribution in [3.63, 3.8) is 0 Å². The third kappa shape index (κ3) is 4.44. The van der Waals surface area contributed by atoms with Crippen molar-refractivity contribution in [3.05, 3.63) is 114 Å². The molecule has 1 heterocycles. The summed E-state index contributed by atoms with van der Waals surface area (Å²) in [6.07, 6.45) is 0. The second-order valence-electron chi connectivity index (χ2n) is 7.84. The van der Waals surface area contributed by atoms with Gasteiger partial charge in [-0.05, 0) is 61.0 Å². The molecule has 6 heteroatoms. The van der Waals surface area contributed by atoms with Crippen molar-refractivity contribution in [2.75, 3.05) is 10.6 Å². The zero-order chi connectivity index (χ0) is 23.5. The van der Waals surface area contributed by atoms with Gasteiger partial charge >= 0.3 is 0 Å². The van der Waals surface area contributed by atoms with Gasteiger partial charge in [-0.3, -0.25) is 9.59 Å². The van der Waals surface area contributed by atoms with Crippen molar-refractivity contribution in [1.29, 1.82) is 0 Å². The second-order valence-corrected chi connectivity index (χ2v) is 8.87. The number of amides is 2. The summed E-state index contributed by atoms with van der Waals surface area (Å²) in [4.78, 5) is 30.5. The Balaban J connectivity index is 1.40. The van der Waals surface area contributed by atoms with E-state index in [1.54, 1.807) is 35.6 Å². The van der Waals surface area contributed by atoms with Gasteiger partial charge < -0.3 is 10.6 Å². The lowest BCUT2D eigenvalue weighted by atomic mass is 10.1. The third-order valence-electron chi connectivity index (χ3n) is 5.48. The monoisotopic (exact) mass is 463 g/mol. The Kier molecular flexibility index (Phi) is 5.89. The maximum Gasteiger partial charge on any atom is 0.255 e.